The highest BCUT2D eigenvalue weighted by molar-refractivity contribution is 5.52. The summed E-state index contributed by atoms with van der Waals surface area (Å²) in [5.74, 6) is 0.888. The van der Waals surface area contributed by atoms with Gasteiger partial charge in [0.15, 0.2) is 11.5 Å². The van der Waals surface area contributed by atoms with E-state index in [-0.39, 0.29) is 17.7 Å². The first-order valence-electron chi connectivity index (χ1n) is 6.76. The monoisotopic (exact) mass is 276 g/mol. The molecule has 0 aromatic heterocycles. The number of hydrogen-bond acceptors (Lipinski definition) is 5. The van der Waals surface area contributed by atoms with Crippen molar-refractivity contribution in [3.8, 4) is 23.3 Å². The van der Waals surface area contributed by atoms with Gasteiger partial charge < -0.3 is 19.9 Å². The second kappa shape index (κ2) is 6.49. The Morgan fingerprint density at radius 2 is 1.95 bits per heavy atom. The maximum atomic E-state index is 9.86. The summed E-state index contributed by atoms with van der Waals surface area (Å²) < 4.78 is 10.3. The number of benzene rings is 1. The number of ether oxygens (including phenoxy) is 2. The summed E-state index contributed by atoms with van der Waals surface area (Å²) >= 11 is 0. The van der Waals surface area contributed by atoms with E-state index in [9.17, 15) is 5.11 Å². The zero-order chi connectivity index (χ0) is 14.5. The van der Waals surface area contributed by atoms with Gasteiger partial charge in [-0.25, -0.2) is 0 Å². The Labute approximate surface area is 119 Å². The molecule has 0 amide bonds. The van der Waals surface area contributed by atoms with Crippen LogP contribution in [0.3, 0.4) is 0 Å². The molecule has 1 aliphatic carbocycles. The van der Waals surface area contributed by atoms with Crippen molar-refractivity contribution in [1.29, 1.82) is 5.26 Å². The van der Waals surface area contributed by atoms with Crippen LogP contribution in [0.25, 0.3) is 0 Å². The van der Waals surface area contributed by atoms with E-state index in [0.29, 0.717) is 18.0 Å². The molecule has 2 atom stereocenters. The zero-order valence-electron chi connectivity index (χ0n) is 11.8. The SMILES string of the molecule is COc1cc(CNC2CCCC2C#N)cc(OC)c1O. The van der Waals surface area contributed by atoms with E-state index in [4.69, 9.17) is 14.7 Å². The molecule has 1 aromatic carbocycles. The van der Waals surface area contributed by atoms with Crippen LogP contribution in [0.2, 0.25) is 0 Å². The smallest absolute Gasteiger partial charge is 0.200 e. The first-order valence-corrected chi connectivity index (χ1v) is 6.76. The topological polar surface area (TPSA) is 74.5 Å². The summed E-state index contributed by atoms with van der Waals surface area (Å²) in [6, 6.07) is 6.15. The maximum absolute atomic E-state index is 9.86. The molecule has 1 aliphatic rings. The molecule has 0 heterocycles. The number of phenolic OH excluding ortho intramolecular Hbond substituents is 1. The summed E-state index contributed by atoms with van der Waals surface area (Å²) in [6.45, 7) is 0.621. The van der Waals surface area contributed by atoms with Crippen molar-refractivity contribution in [3.63, 3.8) is 0 Å². The third-order valence-electron chi connectivity index (χ3n) is 3.79. The highest BCUT2D eigenvalue weighted by Gasteiger charge is 2.26. The van der Waals surface area contributed by atoms with E-state index < -0.39 is 0 Å². The Hall–Kier alpha value is -1.93. The van der Waals surface area contributed by atoms with Crippen molar-refractivity contribution in [3.05, 3.63) is 17.7 Å². The van der Waals surface area contributed by atoms with Crippen molar-refractivity contribution in [1.82, 2.24) is 5.32 Å². The first kappa shape index (κ1) is 14.5. The predicted molar refractivity (Wildman–Crippen MR) is 74.8 cm³/mol. The van der Waals surface area contributed by atoms with Crippen LogP contribution in [0.4, 0.5) is 0 Å². The van der Waals surface area contributed by atoms with Gasteiger partial charge in [0.1, 0.15) is 0 Å². The normalized spacial score (nSPS) is 21.4. The second-order valence-electron chi connectivity index (χ2n) is 5.00. The molecule has 1 fully saturated rings. The molecule has 0 aliphatic heterocycles. The largest absolute Gasteiger partial charge is 0.502 e. The van der Waals surface area contributed by atoms with Gasteiger partial charge in [0, 0.05) is 12.6 Å². The van der Waals surface area contributed by atoms with E-state index in [1.54, 1.807) is 12.1 Å². The quantitative estimate of drug-likeness (QED) is 0.862. The number of methoxy groups -OCH3 is 2. The summed E-state index contributed by atoms with van der Waals surface area (Å²) in [5, 5.41) is 22.3. The van der Waals surface area contributed by atoms with Crippen LogP contribution in [0, 0.1) is 17.2 Å². The van der Waals surface area contributed by atoms with Crippen LogP contribution >= 0.6 is 0 Å². The minimum absolute atomic E-state index is 0.00881. The van der Waals surface area contributed by atoms with Gasteiger partial charge in [0.25, 0.3) is 0 Å². The lowest BCUT2D eigenvalue weighted by molar-refractivity contribution is 0.338. The average molecular weight is 276 g/mol. The summed E-state index contributed by atoms with van der Waals surface area (Å²) in [7, 11) is 3.02. The van der Waals surface area contributed by atoms with Gasteiger partial charge in [-0.05, 0) is 30.5 Å². The van der Waals surface area contributed by atoms with Gasteiger partial charge in [0.05, 0.1) is 26.2 Å². The van der Waals surface area contributed by atoms with E-state index in [1.165, 1.54) is 14.2 Å². The minimum Gasteiger partial charge on any atom is -0.502 e. The highest BCUT2D eigenvalue weighted by atomic mass is 16.5. The van der Waals surface area contributed by atoms with E-state index in [2.05, 4.69) is 11.4 Å². The third kappa shape index (κ3) is 2.97. The van der Waals surface area contributed by atoms with Crippen LogP contribution in [0.15, 0.2) is 12.1 Å². The second-order valence-corrected chi connectivity index (χ2v) is 5.00. The molecule has 0 saturated heterocycles. The lowest BCUT2D eigenvalue weighted by Gasteiger charge is -2.17. The Morgan fingerprint density at radius 3 is 2.50 bits per heavy atom. The van der Waals surface area contributed by atoms with Crippen molar-refractivity contribution < 1.29 is 14.6 Å². The molecule has 108 valence electrons. The Kier molecular flexibility index (Phi) is 4.70. The van der Waals surface area contributed by atoms with Crippen LogP contribution in [0.5, 0.6) is 17.2 Å². The maximum Gasteiger partial charge on any atom is 0.200 e. The molecule has 20 heavy (non-hydrogen) atoms. The molecule has 2 N–H and O–H groups in total. The molecule has 1 aromatic rings. The van der Waals surface area contributed by atoms with Crippen molar-refractivity contribution >= 4 is 0 Å². The summed E-state index contributed by atoms with van der Waals surface area (Å²) in [4.78, 5) is 0. The summed E-state index contributed by atoms with van der Waals surface area (Å²) in [5.41, 5.74) is 0.958. The lowest BCUT2D eigenvalue weighted by atomic mass is 10.1. The van der Waals surface area contributed by atoms with E-state index in [0.717, 1.165) is 24.8 Å². The highest BCUT2D eigenvalue weighted by Crippen LogP contribution is 2.37. The lowest BCUT2D eigenvalue weighted by Crippen LogP contribution is -2.31. The number of nitriles is 1. The van der Waals surface area contributed by atoms with Gasteiger partial charge in [-0.3, -0.25) is 0 Å². The number of hydrogen-bond donors (Lipinski definition) is 2. The van der Waals surface area contributed by atoms with E-state index in [1.807, 2.05) is 0 Å². The number of nitrogens with one attached hydrogen (secondary N) is 1. The molecule has 2 unspecified atom stereocenters. The Balaban J connectivity index is 2.08. The number of phenols is 1. The van der Waals surface area contributed by atoms with Gasteiger partial charge in [0.2, 0.25) is 5.75 Å². The molecule has 5 nitrogen and oxygen atoms in total. The zero-order valence-corrected chi connectivity index (χ0v) is 11.8. The molecule has 0 spiro atoms. The molecule has 5 heteroatoms. The minimum atomic E-state index is 0.00881. The fourth-order valence-electron chi connectivity index (χ4n) is 2.66. The number of rotatable bonds is 5. The molecule has 2 rings (SSSR count). The summed E-state index contributed by atoms with van der Waals surface area (Å²) in [6.07, 6.45) is 3.10. The predicted octanol–water partition coefficient (Wildman–Crippen LogP) is 2.19. The Bertz CT molecular complexity index is 485. The fraction of sp³-hybridized carbons (Fsp3) is 0.533. The average Bonchev–Trinajstić information content (AvgIpc) is 2.93. The molecule has 0 bridgehead atoms. The van der Waals surface area contributed by atoms with Crippen LogP contribution in [-0.2, 0) is 6.54 Å². The molecule has 0 radical (unpaired) electrons. The third-order valence-corrected chi connectivity index (χ3v) is 3.79. The van der Waals surface area contributed by atoms with Crippen molar-refractivity contribution in [2.24, 2.45) is 5.92 Å². The van der Waals surface area contributed by atoms with E-state index >= 15 is 0 Å². The van der Waals surface area contributed by atoms with Gasteiger partial charge >= 0.3 is 0 Å². The first-order chi connectivity index (χ1) is 9.69. The fourth-order valence-corrected chi connectivity index (χ4v) is 2.66. The Morgan fingerprint density at radius 1 is 1.30 bits per heavy atom. The van der Waals surface area contributed by atoms with Gasteiger partial charge in [-0.15, -0.1) is 0 Å². The van der Waals surface area contributed by atoms with Gasteiger partial charge in [-0.2, -0.15) is 5.26 Å². The number of aromatic hydroxyl groups is 1. The van der Waals surface area contributed by atoms with Crippen LogP contribution in [-0.4, -0.2) is 25.4 Å². The molecular weight excluding hydrogens is 256 g/mol. The van der Waals surface area contributed by atoms with Gasteiger partial charge in [-0.1, -0.05) is 6.42 Å². The van der Waals surface area contributed by atoms with Crippen LogP contribution in [0.1, 0.15) is 24.8 Å². The number of nitrogens with zero attached hydrogens (tertiary/aromatic N) is 1. The van der Waals surface area contributed by atoms with Crippen LogP contribution < -0.4 is 14.8 Å². The molecule has 1 saturated carbocycles. The van der Waals surface area contributed by atoms with Crippen molar-refractivity contribution in [2.45, 2.75) is 31.8 Å². The molecular formula is C15H20N2O3. The standard InChI is InChI=1S/C15H20N2O3/c1-19-13-6-10(7-14(20-2)15(13)18)9-17-12-5-3-4-11(12)8-16/h6-7,11-12,17-18H,3-5,9H2,1-2H3. The van der Waals surface area contributed by atoms with Crippen molar-refractivity contribution in [2.75, 3.05) is 14.2 Å².